The molecule has 0 spiro atoms. The van der Waals surface area contributed by atoms with Crippen molar-refractivity contribution in [3.05, 3.63) is 59.2 Å². The number of carbonyl (C=O) groups is 2. The number of carbonyl (C=O) groups excluding carboxylic acids is 2. The molecule has 29 heavy (non-hydrogen) atoms. The van der Waals surface area contributed by atoms with Gasteiger partial charge < -0.3 is 20.4 Å². The van der Waals surface area contributed by atoms with E-state index in [1.54, 1.807) is 0 Å². The lowest BCUT2D eigenvalue weighted by atomic mass is 10.1. The van der Waals surface area contributed by atoms with E-state index in [-0.39, 0.29) is 11.8 Å². The van der Waals surface area contributed by atoms with Crippen molar-refractivity contribution >= 4 is 23.2 Å². The Bertz CT molecular complexity index is 853. The summed E-state index contributed by atoms with van der Waals surface area (Å²) in [7, 11) is 0. The normalized spacial score (nSPS) is 18.9. The van der Waals surface area contributed by atoms with E-state index in [1.165, 1.54) is 9.80 Å². The van der Waals surface area contributed by atoms with Gasteiger partial charge in [-0.15, -0.1) is 0 Å². The minimum atomic E-state index is 0.0434. The number of aryl methyl sites for hydroxylation is 3. The molecular weight excluding hydrogens is 364 g/mol. The standard InChI is InChI=1S/C23H30N4O2/c1-17-6-4-9-20(14-17)24-21(28)15-26-10-12-27(13-11-26)16-22(29)25-23-18(2)7-5-8-19(23)3/h4-9,14H,10-13,15-16H2,1-3H3,(H,24,28)(H,25,29)/p+2. The van der Waals surface area contributed by atoms with Crippen LogP contribution in [0.15, 0.2) is 42.5 Å². The van der Waals surface area contributed by atoms with Crippen LogP contribution in [0, 0.1) is 20.8 Å². The van der Waals surface area contributed by atoms with E-state index in [1.807, 2.05) is 63.2 Å². The molecular formula is C23H32N4O2+2. The van der Waals surface area contributed by atoms with E-state index in [2.05, 4.69) is 10.6 Å². The molecule has 6 nitrogen and oxygen atoms in total. The fraction of sp³-hybridized carbons (Fsp3) is 0.391. The van der Waals surface area contributed by atoms with Gasteiger partial charge in [0, 0.05) is 11.4 Å². The Labute approximate surface area is 172 Å². The van der Waals surface area contributed by atoms with Crippen molar-refractivity contribution in [3.8, 4) is 0 Å². The summed E-state index contributed by atoms with van der Waals surface area (Å²) in [6.07, 6.45) is 0. The summed E-state index contributed by atoms with van der Waals surface area (Å²) in [6.45, 7) is 10.6. The van der Waals surface area contributed by atoms with Crippen LogP contribution in [-0.4, -0.2) is 51.1 Å². The fourth-order valence-electron chi connectivity index (χ4n) is 3.89. The highest BCUT2D eigenvalue weighted by atomic mass is 16.2. The highest BCUT2D eigenvalue weighted by Crippen LogP contribution is 2.18. The molecule has 2 aromatic carbocycles. The number of amides is 2. The van der Waals surface area contributed by atoms with Crippen LogP contribution >= 0.6 is 0 Å². The molecule has 1 aliphatic rings. The van der Waals surface area contributed by atoms with Crippen LogP contribution in [0.3, 0.4) is 0 Å². The van der Waals surface area contributed by atoms with E-state index < -0.39 is 0 Å². The fourth-order valence-corrected chi connectivity index (χ4v) is 3.89. The molecule has 1 aliphatic heterocycles. The lowest BCUT2D eigenvalue weighted by molar-refractivity contribution is -1.00. The van der Waals surface area contributed by atoms with E-state index in [9.17, 15) is 9.59 Å². The summed E-state index contributed by atoms with van der Waals surface area (Å²) >= 11 is 0. The predicted molar refractivity (Wildman–Crippen MR) is 115 cm³/mol. The second kappa shape index (κ2) is 9.67. The predicted octanol–water partition coefficient (Wildman–Crippen LogP) is -0.0275. The molecule has 1 fully saturated rings. The smallest absolute Gasteiger partial charge is 0.279 e. The number of anilines is 2. The van der Waals surface area contributed by atoms with Crippen LogP contribution in [0.1, 0.15) is 16.7 Å². The van der Waals surface area contributed by atoms with Crippen molar-refractivity contribution in [1.82, 2.24) is 0 Å². The maximum atomic E-state index is 12.5. The Morgan fingerprint density at radius 1 is 0.793 bits per heavy atom. The van der Waals surface area contributed by atoms with Crippen molar-refractivity contribution in [1.29, 1.82) is 0 Å². The van der Waals surface area contributed by atoms with Gasteiger partial charge in [0.1, 0.15) is 26.2 Å². The molecule has 154 valence electrons. The van der Waals surface area contributed by atoms with Gasteiger partial charge in [0.25, 0.3) is 11.8 Å². The van der Waals surface area contributed by atoms with Gasteiger partial charge in [-0.25, -0.2) is 0 Å². The van der Waals surface area contributed by atoms with Gasteiger partial charge in [0.2, 0.25) is 0 Å². The quantitative estimate of drug-likeness (QED) is 0.554. The zero-order chi connectivity index (χ0) is 20.8. The zero-order valence-corrected chi connectivity index (χ0v) is 17.6. The van der Waals surface area contributed by atoms with Crippen molar-refractivity contribution in [2.24, 2.45) is 0 Å². The largest absolute Gasteiger partial charge is 0.321 e. The first-order valence-electron chi connectivity index (χ1n) is 10.3. The van der Waals surface area contributed by atoms with Crippen LogP contribution in [0.5, 0.6) is 0 Å². The SMILES string of the molecule is Cc1cccc(NC(=O)C[NH+]2CC[NH+](CC(=O)Nc3c(C)cccc3C)CC2)c1. The van der Waals surface area contributed by atoms with Crippen LogP contribution in [0.4, 0.5) is 11.4 Å². The van der Waals surface area contributed by atoms with Crippen molar-refractivity contribution < 1.29 is 19.4 Å². The molecule has 3 rings (SSSR count). The van der Waals surface area contributed by atoms with Gasteiger partial charge >= 0.3 is 0 Å². The van der Waals surface area contributed by atoms with E-state index in [0.29, 0.717) is 13.1 Å². The molecule has 2 amide bonds. The number of quaternary nitrogens is 2. The highest BCUT2D eigenvalue weighted by Gasteiger charge is 2.26. The molecule has 0 aliphatic carbocycles. The first-order chi connectivity index (χ1) is 13.9. The van der Waals surface area contributed by atoms with Crippen LogP contribution in [-0.2, 0) is 9.59 Å². The molecule has 0 atom stereocenters. The third kappa shape index (κ3) is 6.14. The number of hydrogen-bond acceptors (Lipinski definition) is 2. The maximum absolute atomic E-state index is 12.5. The summed E-state index contributed by atoms with van der Waals surface area (Å²) in [5.74, 6) is 0.0971. The lowest BCUT2D eigenvalue weighted by Gasteiger charge is -2.29. The van der Waals surface area contributed by atoms with Gasteiger partial charge in [-0.05, 0) is 49.6 Å². The van der Waals surface area contributed by atoms with Crippen LogP contribution < -0.4 is 20.4 Å². The topological polar surface area (TPSA) is 67.1 Å². The van der Waals surface area contributed by atoms with Crippen molar-refractivity contribution in [2.75, 3.05) is 49.9 Å². The molecule has 0 aromatic heterocycles. The number of nitrogens with one attached hydrogen (secondary N) is 4. The first kappa shape index (κ1) is 21.0. The summed E-state index contributed by atoms with van der Waals surface area (Å²) in [5.41, 5.74) is 5.08. The monoisotopic (exact) mass is 396 g/mol. The van der Waals surface area contributed by atoms with E-state index in [4.69, 9.17) is 0 Å². The van der Waals surface area contributed by atoms with Gasteiger partial charge in [-0.3, -0.25) is 9.59 Å². The van der Waals surface area contributed by atoms with Crippen molar-refractivity contribution in [2.45, 2.75) is 20.8 Å². The van der Waals surface area contributed by atoms with Gasteiger partial charge in [-0.2, -0.15) is 0 Å². The molecule has 0 unspecified atom stereocenters. The third-order valence-electron chi connectivity index (χ3n) is 5.53. The minimum absolute atomic E-state index is 0.0434. The molecule has 0 bridgehead atoms. The highest BCUT2D eigenvalue weighted by molar-refractivity contribution is 5.93. The summed E-state index contributed by atoms with van der Waals surface area (Å²) in [4.78, 5) is 27.3. The van der Waals surface area contributed by atoms with Gasteiger partial charge in [0.15, 0.2) is 13.1 Å². The molecule has 0 saturated carbocycles. The second-order valence-corrected chi connectivity index (χ2v) is 8.09. The Morgan fingerprint density at radius 3 is 1.86 bits per heavy atom. The number of rotatable bonds is 6. The number of para-hydroxylation sites is 1. The molecule has 0 radical (unpaired) electrons. The maximum Gasteiger partial charge on any atom is 0.279 e. The summed E-state index contributed by atoms with van der Waals surface area (Å²) in [6, 6.07) is 13.9. The minimum Gasteiger partial charge on any atom is -0.321 e. The van der Waals surface area contributed by atoms with Gasteiger partial charge in [-0.1, -0.05) is 30.3 Å². The summed E-state index contributed by atoms with van der Waals surface area (Å²) in [5, 5.41) is 6.05. The van der Waals surface area contributed by atoms with E-state index >= 15 is 0 Å². The Kier molecular flexibility index (Phi) is 7.01. The average molecular weight is 397 g/mol. The molecule has 1 heterocycles. The molecule has 6 heteroatoms. The first-order valence-corrected chi connectivity index (χ1v) is 10.3. The Hall–Kier alpha value is -2.70. The average Bonchev–Trinajstić information content (AvgIpc) is 2.66. The zero-order valence-electron chi connectivity index (χ0n) is 17.6. The number of benzene rings is 2. The molecule has 2 aromatic rings. The molecule has 4 N–H and O–H groups in total. The molecule has 1 saturated heterocycles. The number of hydrogen-bond donors (Lipinski definition) is 4. The van der Waals surface area contributed by atoms with Crippen molar-refractivity contribution in [3.63, 3.8) is 0 Å². The Balaban J connectivity index is 1.42. The third-order valence-corrected chi connectivity index (χ3v) is 5.53. The van der Waals surface area contributed by atoms with E-state index in [0.717, 1.165) is 54.2 Å². The van der Waals surface area contributed by atoms with Crippen LogP contribution in [0.25, 0.3) is 0 Å². The Morgan fingerprint density at radius 2 is 1.31 bits per heavy atom. The van der Waals surface area contributed by atoms with Gasteiger partial charge in [0.05, 0.1) is 0 Å². The van der Waals surface area contributed by atoms with Crippen LogP contribution in [0.2, 0.25) is 0 Å². The second-order valence-electron chi connectivity index (χ2n) is 8.09. The number of piperazine rings is 1. The lowest BCUT2D eigenvalue weighted by Crippen LogP contribution is -3.28. The summed E-state index contributed by atoms with van der Waals surface area (Å²) < 4.78 is 0.